The molecule has 0 saturated carbocycles. The predicted octanol–water partition coefficient (Wildman–Crippen LogP) is 2.44. The third kappa shape index (κ3) is 4.26. The quantitative estimate of drug-likeness (QED) is 0.863. The summed E-state index contributed by atoms with van der Waals surface area (Å²) in [4.78, 5) is 20.1. The summed E-state index contributed by atoms with van der Waals surface area (Å²) >= 11 is 1.81. The van der Waals surface area contributed by atoms with Crippen molar-refractivity contribution in [2.75, 3.05) is 13.1 Å². The van der Waals surface area contributed by atoms with Gasteiger partial charge in [-0.25, -0.2) is 0 Å². The number of rotatable bonds is 6. The number of nitrogens with one attached hydrogen (secondary N) is 1. The van der Waals surface area contributed by atoms with E-state index >= 15 is 0 Å². The molecule has 0 unspecified atom stereocenters. The SMILES string of the molecule is O=C(C[C@@H]1C[C@H]2CN(Cc3cccs3)C[C@H]2O1)NCc1cccnc1. The Morgan fingerprint density at radius 3 is 3.08 bits per heavy atom. The number of ether oxygens (including phenoxy) is 1. The molecule has 0 bridgehead atoms. The zero-order valence-corrected chi connectivity index (χ0v) is 15.0. The molecule has 4 heterocycles. The first-order chi connectivity index (χ1) is 12.3. The van der Waals surface area contributed by atoms with Crippen LogP contribution in [0.1, 0.15) is 23.3 Å². The molecule has 132 valence electrons. The average Bonchev–Trinajstić information content (AvgIpc) is 3.31. The Morgan fingerprint density at radius 2 is 2.32 bits per heavy atom. The van der Waals surface area contributed by atoms with E-state index in [0.29, 0.717) is 18.9 Å². The third-order valence-electron chi connectivity index (χ3n) is 4.97. The number of aromatic nitrogens is 1. The molecule has 1 amide bonds. The lowest BCUT2D eigenvalue weighted by atomic mass is 10.0. The molecular weight excluding hydrogens is 334 g/mol. The van der Waals surface area contributed by atoms with Gasteiger partial charge in [0, 0.05) is 49.4 Å². The minimum absolute atomic E-state index is 0.0595. The van der Waals surface area contributed by atoms with Crippen molar-refractivity contribution in [2.45, 2.75) is 38.1 Å². The molecule has 25 heavy (non-hydrogen) atoms. The monoisotopic (exact) mass is 357 g/mol. The number of amides is 1. The number of carbonyl (C=O) groups is 1. The van der Waals surface area contributed by atoms with Crippen molar-refractivity contribution >= 4 is 17.2 Å². The highest BCUT2D eigenvalue weighted by Gasteiger charge is 2.42. The van der Waals surface area contributed by atoms with E-state index in [9.17, 15) is 4.79 Å². The van der Waals surface area contributed by atoms with Crippen molar-refractivity contribution in [2.24, 2.45) is 5.92 Å². The average molecular weight is 357 g/mol. The van der Waals surface area contributed by atoms with Gasteiger partial charge in [0.15, 0.2) is 0 Å². The first-order valence-electron chi connectivity index (χ1n) is 8.82. The van der Waals surface area contributed by atoms with Crippen LogP contribution < -0.4 is 5.32 Å². The Kier molecular flexibility index (Phi) is 5.10. The van der Waals surface area contributed by atoms with E-state index in [1.165, 1.54) is 4.88 Å². The fraction of sp³-hybridized carbons (Fsp3) is 0.474. The molecule has 0 aromatic carbocycles. The summed E-state index contributed by atoms with van der Waals surface area (Å²) in [7, 11) is 0. The molecule has 2 aliphatic rings. The van der Waals surface area contributed by atoms with Crippen LogP contribution in [0.4, 0.5) is 0 Å². The maximum atomic E-state index is 12.1. The number of hydrogen-bond donors (Lipinski definition) is 1. The number of carbonyl (C=O) groups excluding carboxylic acids is 1. The molecule has 0 aliphatic carbocycles. The summed E-state index contributed by atoms with van der Waals surface area (Å²) < 4.78 is 6.15. The predicted molar refractivity (Wildman–Crippen MR) is 97.1 cm³/mol. The van der Waals surface area contributed by atoms with Gasteiger partial charge < -0.3 is 10.1 Å². The van der Waals surface area contributed by atoms with Gasteiger partial charge >= 0.3 is 0 Å². The molecule has 0 radical (unpaired) electrons. The van der Waals surface area contributed by atoms with Gasteiger partial charge in [0.1, 0.15) is 0 Å². The summed E-state index contributed by atoms with van der Waals surface area (Å²) in [5, 5.41) is 5.09. The van der Waals surface area contributed by atoms with Crippen LogP contribution in [-0.4, -0.2) is 41.1 Å². The standard InChI is InChI=1S/C19H23N3O2S/c23-19(21-10-14-3-1-5-20-9-14)8-16-7-15-11-22(13-18(15)24-16)12-17-4-2-6-25-17/h1-6,9,15-16,18H,7-8,10-13H2,(H,21,23)/t15-,16-,18+/m0/s1. The molecule has 2 aromatic rings. The van der Waals surface area contributed by atoms with Crippen LogP contribution in [0.2, 0.25) is 0 Å². The fourth-order valence-electron chi connectivity index (χ4n) is 3.81. The molecule has 2 saturated heterocycles. The number of thiophene rings is 1. The second-order valence-electron chi connectivity index (χ2n) is 6.91. The number of fused-ring (bicyclic) bond motifs is 1. The molecule has 2 aliphatic heterocycles. The van der Waals surface area contributed by atoms with E-state index < -0.39 is 0 Å². The molecule has 2 fully saturated rings. The lowest BCUT2D eigenvalue weighted by Crippen LogP contribution is -2.29. The van der Waals surface area contributed by atoms with Crippen molar-refractivity contribution in [3.63, 3.8) is 0 Å². The van der Waals surface area contributed by atoms with Gasteiger partial charge in [0.05, 0.1) is 18.6 Å². The fourth-order valence-corrected chi connectivity index (χ4v) is 4.56. The van der Waals surface area contributed by atoms with Crippen LogP contribution in [0.25, 0.3) is 0 Å². The van der Waals surface area contributed by atoms with Crippen LogP contribution in [0.15, 0.2) is 42.0 Å². The van der Waals surface area contributed by atoms with Crippen molar-refractivity contribution in [3.8, 4) is 0 Å². The van der Waals surface area contributed by atoms with Gasteiger partial charge in [0.25, 0.3) is 0 Å². The highest BCUT2D eigenvalue weighted by Crippen LogP contribution is 2.35. The van der Waals surface area contributed by atoms with E-state index in [0.717, 1.165) is 31.6 Å². The lowest BCUT2D eigenvalue weighted by molar-refractivity contribution is -0.124. The maximum absolute atomic E-state index is 12.1. The number of pyridine rings is 1. The second kappa shape index (κ2) is 7.64. The highest BCUT2D eigenvalue weighted by atomic mass is 32.1. The Labute approximate surface area is 152 Å². The van der Waals surface area contributed by atoms with E-state index in [2.05, 4.69) is 32.7 Å². The van der Waals surface area contributed by atoms with E-state index in [1.54, 1.807) is 12.4 Å². The van der Waals surface area contributed by atoms with Crippen molar-refractivity contribution in [3.05, 3.63) is 52.5 Å². The van der Waals surface area contributed by atoms with Crippen molar-refractivity contribution in [1.82, 2.24) is 15.2 Å². The molecule has 6 heteroatoms. The molecule has 2 aromatic heterocycles. The highest BCUT2D eigenvalue weighted by molar-refractivity contribution is 7.09. The number of hydrogen-bond acceptors (Lipinski definition) is 5. The molecule has 5 nitrogen and oxygen atoms in total. The van der Waals surface area contributed by atoms with Gasteiger partial charge in [-0.3, -0.25) is 14.7 Å². The topological polar surface area (TPSA) is 54.5 Å². The first-order valence-corrected chi connectivity index (χ1v) is 9.70. The first kappa shape index (κ1) is 16.7. The van der Waals surface area contributed by atoms with Gasteiger partial charge in [-0.1, -0.05) is 12.1 Å². The molecular formula is C19H23N3O2S. The van der Waals surface area contributed by atoms with Crippen LogP contribution >= 0.6 is 11.3 Å². The van der Waals surface area contributed by atoms with Crippen LogP contribution in [0.5, 0.6) is 0 Å². The normalized spacial score (nSPS) is 25.8. The van der Waals surface area contributed by atoms with E-state index in [-0.39, 0.29) is 18.1 Å². The molecule has 4 rings (SSSR count). The molecule has 3 atom stereocenters. The van der Waals surface area contributed by atoms with Crippen LogP contribution in [0, 0.1) is 5.92 Å². The molecule has 1 N–H and O–H groups in total. The summed E-state index contributed by atoms with van der Waals surface area (Å²) in [5.41, 5.74) is 1.02. The lowest BCUT2D eigenvalue weighted by Gasteiger charge is -2.18. The number of likely N-dealkylation sites (tertiary alicyclic amines) is 1. The maximum Gasteiger partial charge on any atom is 0.222 e. The molecule has 0 spiro atoms. The zero-order valence-electron chi connectivity index (χ0n) is 14.1. The summed E-state index contributed by atoms with van der Waals surface area (Å²) in [6.07, 6.45) is 5.31. The van der Waals surface area contributed by atoms with E-state index in [4.69, 9.17) is 4.74 Å². The Morgan fingerprint density at radius 1 is 1.36 bits per heavy atom. The summed E-state index contributed by atoms with van der Waals surface area (Å²) in [5.74, 6) is 0.625. The van der Waals surface area contributed by atoms with Crippen molar-refractivity contribution in [1.29, 1.82) is 0 Å². The number of nitrogens with zero attached hydrogens (tertiary/aromatic N) is 2. The third-order valence-corrected chi connectivity index (χ3v) is 5.84. The van der Waals surface area contributed by atoms with Gasteiger partial charge in [-0.05, 0) is 29.5 Å². The minimum Gasteiger partial charge on any atom is -0.373 e. The van der Waals surface area contributed by atoms with E-state index in [1.807, 2.05) is 23.5 Å². The van der Waals surface area contributed by atoms with Crippen molar-refractivity contribution < 1.29 is 9.53 Å². The zero-order chi connectivity index (χ0) is 17.1. The Bertz CT molecular complexity index is 678. The largest absolute Gasteiger partial charge is 0.373 e. The van der Waals surface area contributed by atoms with Crippen LogP contribution in [-0.2, 0) is 22.6 Å². The summed E-state index contributed by atoms with van der Waals surface area (Å²) in [6, 6.07) is 8.14. The Hall–Kier alpha value is -1.76. The van der Waals surface area contributed by atoms with Crippen LogP contribution in [0.3, 0.4) is 0 Å². The Balaban J connectivity index is 1.20. The smallest absolute Gasteiger partial charge is 0.222 e. The second-order valence-corrected chi connectivity index (χ2v) is 7.94. The minimum atomic E-state index is 0.0595. The van der Waals surface area contributed by atoms with Gasteiger partial charge in [0.2, 0.25) is 5.91 Å². The summed E-state index contributed by atoms with van der Waals surface area (Å²) in [6.45, 7) is 3.61. The van der Waals surface area contributed by atoms with Gasteiger partial charge in [-0.15, -0.1) is 11.3 Å². The van der Waals surface area contributed by atoms with Gasteiger partial charge in [-0.2, -0.15) is 0 Å².